The topological polar surface area (TPSA) is 156 Å². The summed E-state index contributed by atoms with van der Waals surface area (Å²) in [6, 6.07) is 0. The van der Waals surface area contributed by atoms with Crippen LogP contribution in [0.5, 0.6) is 0 Å². The number of carboxylic acids is 4. The van der Waals surface area contributed by atoms with Gasteiger partial charge in [-0.05, 0) is 0 Å². The predicted octanol–water partition coefficient (Wildman–Crippen LogP) is -1.51. The number of hydrogen-bond donors (Lipinski definition) is 4. The largest absolute Gasteiger partial charge is 0.480 e. The van der Waals surface area contributed by atoms with Crippen LogP contribution in [0.25, 0.3) is 0 Å². The number of aliphatic carboxylic acids is 4. The molecule has 0 bridgehead atoms. The van der Waals surface area contributed by atoms with Crippen molar-refractivity contribution in [3.05, 3.63) is 12.2 Å². The number of carboxylic acid groups (broad SMARTS) is 4. The number of nitrogens with zero attached hydrogens (tertiary/aromatic N) is 2. The maximum Gasteiger partial charge on any atom is 0.317 e. The Labute approximate surface area is 125 Å². The summed E-state index contributed by atoms with van der Waals surface area (Å²) >= 11 is 0. The fraction of sp³-hybridized carbons (Fsp3) is 0.500. The summed E-state index contributed by atoms with van der Waals surface area (Å²) < 4.78 is 0. The van der Waals surface area contributed by atoms with Crippen LogP contribution in [0.15, 0.2) is 12.2 Å². The zero-order valence-electron chi connectivity index (χ0n) is 11.7. The van der Waals surface area contributed by atoms with Crippen LogP contribution in [0, 0.1) is 0 Å². The Hall–Kier alpha value is -2.46. The Morgan fingerprint density at radius 1 is 0.591 bits per heavy atom. The second kappa shape index (κ2) is 10.3. The molecule has 10 heteroatoms. The second-order valence-electron chi connectivity index (χ2n) is 4.39. The maximum absolute atomic E-state index is 10.6. The molecule has 0 aromatic carbocycles. The molecular weight excluding hydrogens is 300 g/mol. The van der Waals surface area contributed by atoms with Gasteiger partial charge in [-0.2, -0.15) is 0 Å². The van der Waals surface area contributed by atoms with E-state index in [0.29, 0.717) is 0 Å². The highest BCUT2D eigenvalue weighted by Gasteiger charge is 2.13. The van der Waals surface area contributed by atoms with Gasteiger partial charge in [-0.15, -0.1) is 0 Å². The number of rotatable bonds is 12. The molecule has 0 aliphatic heterocycles. The number of hydrogen-bond acceptors (Lipinski definition) is 6. The van der Waals surface area contributed by atoms with Gasteiger partial charge in [0, 0.05) is 13.1 Å². The van der Waals surface area contributed by atoms with Crippen molar-refractivity contribution < 1.29 is 39.6 Å². The van der Waals surface area contributed by atoms with Gasteiger partial charge in [0.2, 0.25) is 0 Å². The molecule has 124 valence electrons. The van der Waals surface area contributed by atoms with Crippen LogP contribution in [0.1, 0.15) is 0 Å². The molecule has 0 heterocycles. The SMILES string of the molecule is O=C(O)CN(C/C=C/CN(CC(=O)O)CC(=O)O)CC(=O)O. The van der Waals surface area contributed by atoms with E-state index in [1.807, 2.05) is 0 Å². The lowest BCUT2D eigenvalue weighted by atomic mass is 10.3. The molecular formula is C12H18N2O8. The molecule has 0 saturated heterocycles. The van der Waals surface area contributed by atoms with Gasteiger partial charge in [0.05, 0.1) is 26.2 Å². The van der Waals surface area contributed by atoms with Crippen LogP contribution in [-0.2, 0) is 19.2 Å². The monoisotopic (exact) mass is 318 g/mol. The fourth-order valence-corrected chi connectivity index (χ4v) is 1.58. The molecule has 0 saturated carbocycles. The van der Waals surface area contributed by atoms with Gasteiger partial charge in [0.15, 0.2) is 0 Å². The molecule has 0 amide bonds. The van der Waals surface area contributed by atoms with E-state index in [4.69, 9.17) is 20.4 Å². The van der Waals surface area contributed by atoms with Gasteiger partial charge in [-0.25, -0.2) is 0 Å². The lowest BCUT2D eigenvalue weighted by Crippen LogP contribution is -2.35. The van der Waals surface area contributed by atoms with Crippen molar-refractivity contribution in [2.24, 2.45) is 0 Å². The lowest BCUT2D eigenvalue weighted by Gasteiger charge is -2.17. The first-order valence-electron chi connectivity index (χ1n) is 6.17. The van der Waals surface area contributed by atoms with Crippen LogP contribution in [0.2, 0.25) is 0 Å². The Morgan fingerprint density at radius 3 is 1.00 bits per heavy atom. The quantitative estimate of drug-likeness (QED) is 0.312. The molecule has 0 unspecified atom stereocenters. The van der Waals surface area contributed by atoms with E-state index in [0.717, 1.165) is 9.80 Å². The van der Waals surface area contributed by atoms with E-state index in [1.165, 1.54) is 12.2 Å². The second-order valence-corrected chi connectivity index (χ2v) is 4.39. The minimum Gasteiger partial charge on any atom is -0.480 e. The lowest BCUT2D eigenvalue weighted by molar-refractivity contribution is -0.143. The summed E-state index contributed by atoms with van der Waals surface area (Å²) in [6.45, 7) is -1.75. The molecule has 10 nitrogen and oxygen atoms in total. The molecule has 0 aliphatic carbocycles. The highest BCUT2D eigenvalue weighted by Crippen LogP contribution is 1.93. The highest BCUT2D eigenvalue weighted by molar-refractivity contribution is 5.73. The Bertz CT molecular complexity index is 376. The third-order valence-electron chi connectivity index (χ3n) is 2.33. The van der Waals surface area contributed by atoms with Gasteiger partial charge in [0.25, 0.3) is 0 Å². The summed E-state index contributed by atoms with van der Waals surface area (Å²) in [4.78, 5) is 44.6. The third kappa shape index (κ3) is 11.4. The first-order valence-corrected chi connectivity index (χ1v) is 6.17. The summed E-state index contributed by atoms with van der Waals surface area (Å²) in [5, 5.41) is 34.6. The highest BCUT2D eigenvalue weighted by atomic mass is 16.4. The van der Waals surface area contributed by atoms with E-state index < -0.39 is 50.1 Å². The molecule has 0 fully saturated rings. The summed E-state index contributed by atoms with van der Waals surface area (Å²) in [5.74, 6) is -4.69. The van der Waals surface area contributed by atoms with Crippen molar-refractivity contribution in [2.45, 2.75) is 0 Å². The average Bonchev–Trinajstić information content (AvgIpc) is 2.31. The molecule has 22 heavy (non-hydrogen) atoms. The summed E-state index contributed by atoms with van der Waals surface area (Å²) in [7, 11) is 0. The molecule has 0 spiro atoms. The van der Waals surface area contributed by atoms with Gasteiger partial charge >= 0.3 is 23.9 Å². The van der Waals surface area contributed by atoms with Gasteiger partial charge in [-0.3, -0.25) is 29.0 Å². The Balaban J connectivity index is 4.44. The molecule has 0 aromatic heterocycles. The average molecular weight is 318 g/mol. The molecule has 0 atom stereocenters. The Kier molecular flexibility index (Phi) is 9.14. The molecule has 0 aromatic rings. The van der Waals surface area contributed by atoms with Crippen LogP contribution in [-0.4, -0.2) is 93.4 Å². The van der Waals surface area contributed by atoms with Gasteiger partial charge in [-0.1, -0.05) is 12.2 Å². The van der Waals surface area contributed by atoms with E-state index in [1.54, 1.807) is 0 Å². The maximum atomic E-state index is 10.6. The minimum absolute atomic E-state index is 0.0343. The first-order chi connectivity index (χ1) is 10.2. The minimum atomic E-state index is -1.17. The van der Waals surface area contributed by atoms with Crippen LogP contribution >= 0.6 is 0 Å². The standard InChI is InChI=1S/C12H18N2O8/c15-9(16)5-13(6-10(17)18)3-1-2-4-14(7-11(19)20)8-12(21)22/h1-2H,3-8H2,(H,15,16)(H,17,18)(H,19,20)(H,21,22)/b2-1+. The van der Waals surface area contributed by atoms with Crippen LogP contribution in [0.3, 0.4) is 0 Å². The fourth-order valence-electron chi connectivity index (χ4n) is 1.58. The van der Waals surface area contributed by atoms with Crippen molar-refractivity contribution in [1.29, 1.82) is 0 Å². The Morgan fingerprint density at radius 2 is 0.818 bits per heavy atom. The van der Waals surface area contributed by atoms with Crippen molar-refractivity contribution in [3.8, 4) is 0 Å². The van der Waals surface area contributed by atoms with Gasteiger partial charge < -0.3 is 20.4 Å². The van der Waals surface area contributed by atoms with E-state index >= 15 is 0 Å². The van der Waals surface area contributed by atoms with E-state index in [9.17, 15) is 19.2 Å². The summed E-state index contributed by atoms with van der Waals surface area (Å²) in [5.41, 5.74) is 0. The first kappa shape index (κ1) is 19.5. The molecule has 0 rings (SSSR count). The van der Waals surface area contributed by atoms with Crippen LogP contribution < -0.4 is 0 Å². The molecule has 4 N–H and O–H groups in total. The smallest absolute Gasteiger partial charge is 0.317 e. The van der Waals surface area contributed by atoms with Crippen molar-refractivity contribution >= 4 is 23.9 Å². The summed E-state index contributed by atoms with van der Waals surface area (Å²) in [6.07, 6.45) is 2.92. The normalized spacial score (nSPS) is 11.2. The van der Waals surface area contributed by atoms with Crippen molar-refractivity contribution in [3.63, 3.8) is 0 Å². The number of carbonyl (C=O) groups is 4. The zero-order valence-corrected chi connectivity index (χ0v) is 11.7. The zero-order chi connectivity index (χ0) is 17.1. The van der Waals surface area contributed by atoms with Crippen LogP contribution in [0.4, 0.5) is 0 Å². The molecule has 0 radical (unpaired) electrons. The van der Waals surface area contributed by atoms with Crippen molar-refractivity contribution in [2.75, 3.05) is 39.3 Å². The van der Waals surface area contributed by atoms with E-state index in [-0.39, 0.29) is 13.1 Å². The van der Waals surface area contributed by atoms with Gasteiger partial charge in [0.1, 0.15) is 0 Å². The van der Waals surface area contributed by atoms with Crippen molar-refractivity contribution in [1.82, 2.24) is 9.80 Å². The predicted molar refractivity (Wildman–Crippen MR) is 72.6 cm³/mol. The molecule has 0 aliphatic rings. The third-order valence-corrected chi connectivity index (χ3v) is 2.33. The van der Waals surface area contributed by atoms with E-state index in [2.05, 4.69) is 0 Å².